The third-order valence-corrected chi connectivity index (χ3v) is 7.48. The summed E-state index contributed by atoms with van der Waals surface area (Å²) in [5.41, 5.74) is -0.596. The first-order valence-electron chi connectivity index (χ1n) is 11.8. The van der Waals surface area contributed by atoms with Gasteiger partial charge in [0.2, 0.25) is 5.91 Å². The predicted octanol–water partition coefficient (Wildman–Crippen LogP) is 5.04. The van der Waals surface area contributed by atoms with E-state index < -0.39 is 45.9 Å². The number of sulfonamides is 1. The number of carbonyl (C=O) groups excluding carboxylic acids is 2. The van der Waals surface area contributed by atoms with Gasteiger partial charge >= 0.3 is 12.1 Å². The van der Waals surface area contributed by atoms with Gasteiger partial charge in [-0.3, -0.25) is 9.10 Å². The van der Waals surface area contributed by atoms with E-state index in [1.807, 2.05) is 0 Å². The summed E-state index contributed by atoms with van der Waals surface area (Å²) >= 11 is 0. The molecule has 1 amide bonds. The Hall–Kier alpha value is -4.26. The van der Waals surface area contributed by atoms with Gasteiger partial charge in [0.25, 0.3) is 10.0 Å². The third kappa shape index (κ3) is 6.84. The minimum atomic E-state index is -4.76. The minimum absolute atomic E-state index is 0.0587. The largest absolute Gasteiger partial charge is 0.493 e. The number of aryl methyl sites for hydroxylation is 1. The Morgan fingerprint density at radius 2 is 1.65 bits per heavy atom. The molecule has 0 spiro atoms. The monoisotopic (exact) mass is 580 g/mol. The van der Waals surface area contributed by atoms with Crippen LogP contribution in [0.2, 0.25) is 0 Å². The third-order valence-electron chi connectivity index (χ3n) is 5.71. The van der Waals surface area contributed by atoms with E-state index >= 15 is 0 Å². The van der Waals surface area contributed by atoms with Crippen molar-refractivity contribution in [3.63, 3.8) is 0 Å². The molecule has 1 N–H and O–H groups in total. The lowest BCUT2D eigenvalue weighted by atomic mass is 10.1. The second kappa shape index (κ2) is 12.3. The summed E-state index contributed by atoms with van der Waals surface area (Å²) in [6, 6.07) is 11.7. The van der Waals surface area contributed by atoms with E-state index in [1.54, 1.807) is 19.9 Å². The van der Waals surface area contributed by atoms with Crippen LogP contribution in [-0.4, -0.2) is 47.7 Å². The minimum Gasteiger partial charge on any atom is -0.493 e. The molecule has 214 valence electrons. The van der Waals surface area contributed by atoms with Crippen LogP contribution in [0, 0.1) is 6.92 Å². The van der Waals surface area contributed by atoms with Gasteiger partial charge in [-0.15, -0.1) is 0 Å². The highest BCUT2D eigenvalue weighted by molar-refractivity contribution is 7.92. The molecular weight excluding hydrogens is 553 g/mol. The second-order valence-electron chi connectivity index (χ2n) is 8.37. The number of ether oxygens (including phenoxy) is 3. The Morgan fingerprint density at radius 3 is 2.27 bits per heavy atom. The molecule has 0 heterocycles. The highest BCUT2D eigenvalue weighted by Gasteiger charge is 2.33. The molecule has 9 nitrogen and oxygen atoms in total. The van der Waals surface area contributed by atoms with Gasteiger partial charge in [0.15, 0.2) is 11.5 Å². The average Bonchev–Trinajstić information content (AvgIpc) is 2.92. The zero-order valence-corrected chi connectivity index (χ0v) is 22.9. The molecule has 13 heteroatoms. The number of nitrogens with zero attached hydrogens (tertiary/aromatic N) is 1. The van der Waals surface area contributed by atoms with Gasteiger partial charge in [-0.05, 0) is 61.9 Å². The van der Waals surface area contributed by atoms with Crippen molar-refractivity contribution in [3.8, 4) is 11.5 Å². The smallest absolute Gasteiger partial charge is 0.416 e. The lowest BCUT2D eigenvalue weighted by Gasteiger charge is -2.25. The van der Waals surface area contributed by atoms with Crippen LogP contribution in [0.5, 0.6) is 11.5 Å². The first kappa shape index (κ1) is 30.3. The van der Waals surface area contributed by atoms with E-state index in [-0.39, 0.29) is 34.3 Å². The molecule has 3 rings (SSSR count). The lowest BCUT2D eigenvalue weighted by Crippen LogP contribution is -2.38. The summed E-state index contributed by atoms with van der Waals surface area (Å²) in [6.07, 6.45) is -4.76. The average molecular weight is 581 g/mol. The van der Waals surface area contributed by atoms with Crippen molar-refractivity contribution in [2.24, 2.45) is 0 Å². The molecular formula is C27H27F3N2O7S. The maximum absolute atomic E-state index is 13.7. The summed E-state index contributed by atoms with van der Waals surface area (Å²) in [5.74, 6) is -1.21. The SMILES string of the molecule is CCOC(=O)c1ccc(C)c(NC(=O)CN(c2cccc(C(F)(F)F)c2)S(=O)(=O)c2ccc(OC)c(OC)c2)c1. The molecule has 0 fully saturated rings. The molecule has 3 aromatic carbocycles. The number of methoxy groups -OCH3 is 2. The number of hydrogen-bond donors (Lipinski definition) is 1. The molecule has 0 radical (unpaired) electrons. The van der Waals surface area contributed by atoms with Crippen molar-refractivity contribution in [3.05, 3.63) is 77.4 Å². The summed E-state index contributed by atoms with van der Waals surface area (Å²) in [7, 11) is -1.96. The van der Waals surface area contributed by atoms with Gasteiger partial charge in [-0.1, -0.05) is 12.1 Å². The first-order valence-corrected chi connectivity index (χ1v) is 13.3. The number of rotatable bonds is 10. The summed E-state index contributed by atoms with van der Waals surface area (Å²) in [5, 5.41) is 2.54. The van der Waals surface area contributed by atoms with Gasteiger partial charge in [-0.2, -0.15) is 13.2 Å². The number of esters is 1. The number of hydrogen-bond acceptors (Lipinski definition) is 7. The predicted molar refractivity (Wildman–Crippen MR) is 141 cm³/mol. The topological polar surface area (TPSA) is 111 Å². The van der Waals surface area contributed by atoms with Crippen molar-refractivity contribution in [2.45, 2.75) is 24.9 Å². The first-order chi connectivity index (χ1) is 18.8. The molecule has 0 aromatic heterocycles. The number of amides is 1. The fraction of sp³-hybridized carbons (Fsp3) is 0.259. The van der Waals surface area contributed by atoms with Crippen LogP contribution in [-0.2, 0) is 25.7 Å². The van der Waals surface area contributed by atoms with Crippen LogP contribution in [0.25, 0.3) is 0 Å². The molecule has 0 aliphatic heterocycles. The number of carbonyl (C=O) groups is 2. The summed E-state index contributed by atoms with van der Waals surface area (Å²) in [6.45, 7) is 2.53. The maximum Gasteiger partial charge on any atom is 0.416 e. The summed E-state index contributed by atoms with van der Waals surface area (Å²) < 4.78 is 83.7. The van der Waals surface area contributed by atoms with Gasteiger partial charge in [-0.25, -0.2) is 13.2 Å². The van der Waals surface area contributed by atoms with E-state index in [0.29, 0.717) is 15.9 Å². The Balaban J connectivity index is 2.05. The van der Waals surface area contributed by atoms with Crippen LogP contribution in [0.1, 0.15) is 28.4 Å². The zero-order valence-electron chi connectivity index (χ0n) is 22.0. The van der Waals surface area contributed by atoms with E-state index in [4.69, 9.17) is 14.2 Å². The highest BCUT2D eigenvalue weighted by Crippen LogP contribution is 2.35. The zero-order chi connectivity index (χ0) is 29.7. The standard InChI is InChI=1S/C27H27F3N2O7S/c1-5-39-26(34)18-10-9-17(2)22(13-18)31-25(33)16-32(20-8-6-7-19(14-20)27(28,29)30)40(35,36)21-11-12-23(37-3)24(15-21)38-4/h6-15H,5,16H2,1-4H3,(H,31,33). The Labute approximate surface area is 229 Å². The van der Waals surface area contributed by atoms with Crippen LogP contribution in [0.3, 0.4) is 0 Å². The lowest BCUT2D eigenvalue weighted by molar-refractivity contribution is -0.137. The van der Waals surface area contributed by atoms with Crippen LogP contribution < -0.4 is 19.1 Å². The van der Waals surface area contributed by atoms with Crippen molar-refractivity contribution in [1.29, 1.82) is 0 Å². The van der Waals surface area contributed by atoms with E-state index in [9.17, 15) is 31.2 Å². The Bertz CT molecular complexity index is 1510. The number of nitrogens with one attached hydrogen (secondary N) is 1. The number of alkyl halides is 3. The molecule has 0 saturated heterocycles. The Morgan fingerprint density at radius 1 is 0.950 bits per heavy atom. The Kier molecular flexibility index (Phi) is 9.30. The normalized spacial score (nSPS) is 11.5. The van der Waals surface area contributed by atoms with Crippen LogP contribution in [0.4, 0.5) is 24.5 Å². The molecule has 3 aromatic rings. The molecule has 0 unspecified atom stereocenters. The molecule has 0 aliphatic carbocycles. The van der Waals surface area contributed by atoms with Crippen molar-refractivity contribution in [1.82, 2.24) is 0 Å². The summed E-state index contributed by atoms with van der Waals surface area (Å²) in [4.78, 5) is 24.9. The van der Waals surface area contributed by atoms with Crippen molar-refractivity contribution in [2.75, 3.05) is 37.0 Å². The van der Waals surface area contributed by atoms with Crippen LogP contribution >= 0.6 is 0 Å². The van der Waals surface area contributed by atoms with Crippen LogP contribution in [0.15, 0.2) is 65.6 Å². The molecule has 0 aliphatic rings. The van der Waals surface area contributed by atoms with Gasteiger partial charge in [0.05, 0.1) is 42.5 Å². The van der Waals surface area contributed by atoms with Gasteiger partial charge in [0.1, 0.15) is 6.54 Å². The second-order valence-corrected chi connectivity index (χ2v) is 10.2. The van der Waals surface area contributed by atoms with Crippen molar-refractivity contribution < 1.29 is 45.4 Å². The fourth-order valence-corrected chi connectivity index (χ4v) is 5.10. The highest BCUT2D eigenvalue weighted by atomic mass is 32.2. The van der Waals surface area contributed by atoms with Crippen molar-refractivity contribution >= 4 is 33.3 Å². The number of benzene rings is 3. The van der Waals surface area contributed by atoms with E-state index in [0.717, 1.165) is 24.3 Å². The molecule has 40 heavy (non-hydrogen) atoms. The quantitative estimate of drug-likeness (QED) is 0.335. The van der Waals surface area contributed by atoms with E-state index in [1.165, 1.54) is 38.5 Å². The molecule has 0 atom stereocenters. The fourth-order valence-electron chi connectivity index (χ4n) is 3.67. The molecule has 0 saturated carbocycles. The number of halogens is 3. The maximum atomic E-state index is 13.7. The molecule has 0 bridgehead atoms. The van der Waals surface area contributed by atoms with Gasteiger partial charge < -0.3 is 19.5 Å². The number of anilines is 2. The van der Waals surface area contributed by atoms with Gasteiger partial charge in [0, 0.05) is 11.8 Å². The van der Waals surface area contributed by atoms with E-state index in [2.05, 4.69) is 5.32 Å².